The Morgan fingerprint density at radius 3 is 2.67 bits per heavy atom. The van der Waals surface area contributed by atoms with Crippen LogP contribution in [-0.4, -0.2) is 10.1 Å². The molecule has 0 unspecified atom stereocenters. The molecule has 18 heavy (non-hydrogen) atoms. The van der Waals surface area contributed by atoms with Crippen LogP contribution in [0.4, 0.5) is 0 Å². The molecule has 0 saturated heterocycles. The van der Waals surface area contributed by atoms with Crippen LogP contribution < -0.4 is 0 Å². The molecule has 2 nitrogen and oxygen atoms in total. The first-order valence-corrected chi connectivity index (χ1v) is 5.94. The highest BCUT2D eigenvalue weighted by Crippen LogP contribution is 2.17. The molecule has 0 spiro atoms. The van der Waals surface area contributed by atoms with Crippen LogP contribution in [0.25, 0.3) is 10.9 Å². The van der Waals surface area contributed by atoms with E-state index in [9.17, 15) is 5.11 Å². The smallest absolute Gasteiger partial charge is 0.115 e. The average Bonchev–Trinajstić information content (AvgIpc) is 2.39. The first-order chi connectivity index (χ1) is 8.81. The number of pyridine rings is 1. The fraction of sp³-hybridized carbons (Fsp3) is 0.0625. The summed E-state index contributed by atoms with van der Waals surface area (Å²) in [7, 11) is 0. The van der Waals surface area contributed by atoms with E-state index in [0.717, 1.165) is 28.6 Å². The summed E-state index contributed by atoms with van der Waals surface area (Å²) in [4.78, 5) is 4.62. The zero-order valence-electron chi connectivity index (χ0n) is 9.88. The molecule has 0 saturated carbocycles. The van der Waals surface area contributed by atoms with Gasteiger partial charge in [0.1, 0.15) is 5.75 Å². The molecule has 1 N–H and O–H groups in total. The van der Waals surface area contributed by atoms with E-state index < -0.39 is 0 Å². The Hall–Kier alpha value is -2.35. The second kappa shape index (κ2) is 4.49. The minimum absolute atomic E-state index is 0.299. The molecule has 0 amide bonds. The lowest BCUT2D eigenvalue weighted by molar-refractivity contribution is 0.474. The van der Waals surface area contributed by atoms with Gasteiger partial charge < -0.3 is 5.11 Å². The number of fused-ring (bicyclic) bond motifs is 1. The predicted molar refractivity (Wildman–Crippen MR) is 72.7 cm³/mol. The van der Waals surface area contributed by atoms with Crippen molar-refractivity contribution in [3.05, 3.63) is 71.9 Å². The second-order valence-electron chi connectivity index (χ2n) is 4.34. The first-order valence-electron chi connectivity index (χ1n) is 5.94. The number of hydrogen-bond acceptors (Lipinski definition) is 2. The lowest BCUT2D eigenvalue weighted by atomic mass is 10.1. The third-order valence-corrected chi connectivity index (χ3v) is 2.95. The lowest BCUT2D eigenvalue weighted by Gasteiger charge is -2.04. The van der Waals surface area contributed by atoms with Gasteiger partial charge in [-0.1, -0.05) is 36.4 Å². The van der Waals surface area contributed by atoms with Crippen molar-refractivity contribution in [1.29, 1.82) is 0 Å². The summed E-state index contributed by atoms with van der Waals surface area (Å²) in [6, 6.07) is 19.5. The summed E-state index contributed by atoms with van der Waals surface area (Å²) in [6.45, 7) is 0. The largest absolute Gasteiger partial charge is 0.508 e. The van der Waals surface area contributed by atoms with Crippen molar-refractivity contribution >= 4 is 10.9 Å². The molecule has 0 atom stereocenters. The van der Waals surface area contributed by atoms with E-state index in [-0.39, 0.29) is 0 Å². The number of benzene rings is 2. The second-order valence-corrected chi connectivity index (χ2v) is 4.34. The van der Waals surface area contributed by atoms with Crippen molar-refractivity contribution in [3.63, 3.8) is 0 Å². The summed E-state index contributed by atoms with van der Waals surface area (Å²) < 4.78 is 0. The molecular weight excluding hydrogens is 222 g/mol. The van der Waals surface area contributed by atoms with Gasteiger partial charge in [0.25, 0.3) is 0 Å². The van der Waals surface area contributed by atoms with Crippen molar-refractivity contribution in [1.82, 2.24) is 4.98 Å². The molecule has 88 valence electrons. The Bertz CT molecular complexity index is 691. The average molecular weight is 235 g/mol. The van der Waals surface area contributed by atoms with Gasteiger partial charge in [-0.2, -0.15) is 0 Å². The van der Waals surface area contributed by atoms with Gasteiger partial charge >= 0.3 is 0 Å². The molecule has 1 heterocycles. The zero-order chi connectivity index (χ0) is 12.4. The van der Waals surface area contributed by atoms with Gasteiger partial charge in [-0.3, -0.25) is 4.98 Å². The number of aromatic hydroxyl groups is 1. The van der Waals surface area contributed by atoms with Crippen LogP contribution >= 0.6 is 0 Å². The van der Waals surface area contributed by atoms with Gasteiger partial charge in [0.05, 0.1) is 5.52 Å². The SMILES string of the molecule is Oc1cccc(Cc2ccc3ccccc3n2)c1. The Kier molecular flexibility index (Phi) is 2.69. The number of nitrogens with zero attached hydrogens (tertiary/aromatic N) is 1. The molecule has 2 heteroatoms. The molecule has 0 aliphatic carbocycles. The maximum atomic E-state index is 9.44. The molecule has 0 aliphatic rings. The Morgan fingerprint density at radius 1 is 0.889 bits per heavy atom. The third-order valence-electron chi connectivity index (χ3n) is 2.95. The van der Waals surface area contributed by atoms with Crippen molar-refractivity contribution in [2.24, 2.45) is 0 Å². The van der Waals surface area contributed by atoms with Gasteiger partial charge in [-0.15, -0.1) is 0 Å². The maximum absolute atomic E-state index is 9.44. The summed E-state index contributed by atoms with van der Waals surface area (Å²) in [5, 5.41) is 10.6. The minimum atomic E-state index is 0.299. The van der Waals surface area contributed by atoms with Crippen molar-refractivity contribution in [2.75, 3.05) is 0 Å². The highest BCUT2D eigenvalue weighted by atomic mass is 16.3. The number of phenolic OH excluding ortho intramolecular Hbond substituents is 1. The van der Waals surface area contributed by atoms with E-state index in [1.807, 2.05) is 36.4 Å². The number of phenols is 1. The number of aromatic nitrogens is 1. The van der Waals surface area contributed by atoms with Gasteiger partial charge in [-0.05, 0) is 29.8 Å². The van der Waals surface area contributed by atoms with E-state index in [4.69, 9.17) is 0 Å². The van der Waals surface area contributed by atoms with Gasteiger partial charge in [0.2, 0.25) is 0 Å². The maximum Gasteiger partial charge on any atom is 0.115 e. The van der Waals surface area contributed by atoms with Crippen LogP contribution in [0.1, 0.15) is 11.3 Å². The molecule has 0 bridgehead atoms. The molecule has 1 aromatic heterocycles. The standard InChI is InChI=1S/C16H13NO/c18-15-6-3-4-12(11-15)10-14-9-8-13-5-1-2-7-16(13)17-14/h1-9,11,18H,10H2. The van der Waals surface area contributed by atoms with Crippen LogP contribution in [0.3, 0.4) is 0 Å². The van der Waals surface area contributed by atoms with Crippen molar-refractivity contribution in [2.45, 2.75) is 6.42 Å². The van der Waals surface area contributed by atoms with E-state index in [0.29, 0.717) is 5.75 Å². The van der Waals surface area contributed by atoms with Crippen LogP contribution in [0.2, 0.25) is 0 Å². The predicted octanol–water partition coefficient (Wildman–Crippen LogP) is 3.53. The van der Waals surface area contributed by atoms with Gasteiger partial charge in [-0.25, -0.2) is 0 Å². The minimum Gasteiger partial charge on any atom is -0.508 e. The number of rotatable bonds is 2. The molecule has 0 fully saturated rings. The quantitative estimate of drug-likeness (QED) is 0.737. The summed E-state index contributed by atoms with van der Waals surface area (Å²) >= 11 is 0. The molecule has 3 rings (SSSR count). The number of hydrogen-bond donors (Lipinski definition) is 1. The highest BCUT2D eigenvalue weighted by molar-refractivity contribution is 5.78. The van der Waals surface area contributed by atoms with Crippen molar-refractivity contribution < 1.29 is 5.11 Å². The zero-order valence-corrected chi connectivity index (χ0v) is 9.88. The Morgan fingerprint density at radius 2 is 1.78 bits per heavy atom. The lowest BCUT2D eigenvalue weighted by Crippen LogP contribution is -1.92. The number of para-hydroxylation sites is 1. The fourth-order valence-corrected chi connectivity index (χ4v) is 2.08. The highest BCUT2D eigenvalue weighted by Gasteiger charge is 2.00. The molecule has 2 aromatic carbocycles. The fourth-order valence-electron chi connectivity index (χ4n) is 2.08. The third kappa shape index (κ3) is 2.18. The molecule has 0 aliphatic heterocycles. The van der Waals surface area contributed by atoms with E-state index in [1.54, 1.807) is 12.1 Å². The van der Waals surface area contributed by atoms with Crippen LogP contribution in [-0.2, 0) is 6.42 Å². The van der Waals surface area contributed by atoms with E-state index in [1.165, 1.54) is 0 Å². The molecular formula is C16H13NO. The van der Waals surface area contributed by atoms with Gasteiger partial charge in [0, 0.05) is 17.5 Å². The van der Waals surface area contributed by atoms with Crippen LogP contribution in [0.15, 0.2) is 60.7 Å². The van der Waals surface area contributed by atoms with Crippen molar-refractivity contribution in [3.8, 4) is 5.75 Å². The molecule has 3 aromatic rings. The first kappa shape index (κ1) is 10.8. The monoisotopic (exact) mass is 235 g/mol. The van der Waals surface area contributed by atoms with E-state index >= 15 is 0 Å². The van der Waals surface area contributed by atoms with Crippen LogP contribution in [0, 0.1) is 0 Å². The summed E-state index contributed by atoms with van der Waals surface area (Å²) in [5.74, 6) is 0.299. The Balaban J connectivity index is 1.95. The molecule has 0 radical (unpaired) electrons. The van der Waals surface area contributed by atoms with Gasteiger partial charge in [0.15, 0.2) is 0 Å². The van der Waals surface area contributed by atoms with E-state index in [2.05, 4.69) is 17.1 Å². The summed E-state index contributed by atoms with van der Waals surface area (Å²) in [5.41, 5.74) is 3.09. The van der Waals surface area contributed by atoms with Crippen LogP contribution in [0.5, 0.6) is 5.75 Å². The topological polar surface area (TPSA) is 33.1 Å². The summed E-state index contributed by atoms with van der Waals surface area (Å²) in [6.07, 6.45) is 0.735. The Labute approximate surface area is 106 Å². The normalized spacial score (nSPS) is 10.7.